The number of carbonyl (C=O) groups excluding carboxylic acids is 5. The van der Waals surface area contributed by atoms with Gasteiger partial charge in [0.05, 0.1) is 18.4 Å². The van der Waals surface area contributed by atoms with Gasteiger partial charge in [0.25, 0.3) is 0 Å². The normalized spacial score (nSPS) is 20.0. The molecule has 2 heterocycles. The van der Waals surface area contributed by atoms with Crippen molar-refractivity contribution in [3.63, 3.8) is 0 Å². The number of pyridine rings is 1. The Balaban J connectivity index is 1.62. The molecule has 0 spiro atoms. The maximum Gasteiger partial charge on any atom is 0.415 e. The van der Waals surface area contributed by atoms with Crippen LogP contribution in [0.2, 0.25) is 0 Å². The van der Waals surface area contributed by atoms with Gasteiger partial charge in [-0.25, -0.2) is 24.3 Å². The van der Waals surface area contributed by atoms with Gasteiger partial charge in [-0.2, -0.15) is 0 Å². The standard InChI is InChI=1S/C27H38N4O8/c1-5-37-25(34)22-20(23(32)31(22)26(35)29-17(4)19-9-7-6-8-10-19)13-18-11-12-28-21(14-18)30-27(36)39-15-38-24(33)16(2)3/h11-12,14,16-17,19-20,22H,5-10,13,15H2,1-4H3,(H,29,35)(H,28,30,36)/t17-,20-,22+/m1/s1. The van der Waals surface area contributed by atoms with Crippen LogP contribution in [0.1, 0.15) is 65.4 Å². The number of esters is 2. The van der Waals surface area contributed by atoms with Crippen molar-refractivity contribution < 1.29 is 38.2 Å². The van der Waals surface area contributed by atoms with Crippen molar-refractivity contribution in [3.8, 4) is 0 Å². The van der Waals surface area contributed by atoms with Crippen molar-refractivity contribution in [2.75, 3.05) is 18.7 Å². The third kappa shape index (κ3) is 7.90. The van der Waals surface area contributed by atoms with Crippen LogP contribution in [0.15, 0.2) is 18.3 Å². The van der Waals surface area contributed by atoms with Gasteiger partial charge in [-0.3, -0.25) is 14.9 Å². The van der Waals surface area contributed by atoms with E-state index in [1.165, 1.54) is 18.7 Å². The summed E-state index contributed by atoms with van der Waals surface area (Å²) in [5, 5.41) is 5.33. The molecule has 0 bridgehead atoms. The number of nitrogens with zero attached hydrogens (tertiary/aromatic N) is 2. The van der Waals surface area contributed by atoms with E-state index in [1.807, 2.05) is 6.92 Å². The molecule has 0 aromatic carbocycles. The molecule has 1 aliphatic carbocycles. The number of urea groups is 1. The van der Waals surface area contributed by atoms with Crippen LogP contribution < -0.4 is 10.6 Å². The number of aromatic nitrogens is 1. The molecule has 1 aliphatic heterocycles. The molecule has 214 valence electrons. The first-order valence-electron chi connectivity index (χ1n) is 13.5. The molecule has 3 atom stereocenters. The minimum absolute atomic E-state index is 0.113. The zero-order valence-electron chi connectivity index (χ0n) is 22.9. The predicted molar refractivity (Wildman–Crippen MR) is 139 cm³/mol. The van der Waals surface area contributed by atoms with Gasteiger partial charge in [-0.15, -0.1) is 0 Å². The van der Waals surface area contributed by atoms with Gasteiger partial charge in [0.2, 0.25) is 12.7 Å². The van der Waals surface area contributed by atoms with Gasteiger partial charge in [0.1, 0.15) is 5.82 Å². The van der Waals surface area contributed by atoms with E-state index in [-0.39, 0.29) is 30.8 Å². The third-order valence-electron chi connectivity index (χ3n) is 7.04. The molecule has 0 radical (unpaired) electrons. The Bertz CT molecular complexity index is 1060. The Morgan fingerprint density at radius 3 is 2.46 bits per heavy atom. The summed E-state index contributed by atoms with van der Waals surface area (Å²) in [5.41, 5.74) is 0.606. The summed E-state index contributed by atoms with van der Waals surface area (Å²) in [5.74, 6) is -2.30. The number of likely N-dealkylation sites (tertiary alicyclic amines) is 1. The van der Waals surface area contributed by atoms with Crippen LogP contribution in [0.25, 0.3) is 0 Å². The average molecular weight is 547 g/mol. The van der Waals surface area contributed by atoms with Crippen molar-refractivity contribution in [2.45, 2.75) is 78.3 Å². The fourth-order valence-electron chi connectivity index (χ4n) is 4.86. The van der Waals surface area contributed by atoms with Crippen molar-refractivity contribution in [1.29, 1.82) is 0 Å². The van der Waals surface area contributed by atoms with Crippen molar-refractivity contribution >= 4 is 35.8 Å². The largest absolute Gasteiger partial charge is 0.464 e. The van der Waals surface area contributed by atoms with E-state index >= 15 is 0 Å². The van der Waals surface area contributed by atoms with Gasteiger partial charge in [-0.1, -0.05) is 33.1 Å². The Morgan fingerprint density at radius 2 is 1.79 bits per heavy atom. The minimum Gasteiger partial charge on any atom is -0.464 e. The number of ether oxygens (including phenoxy) is 3. The topological polar surface area (TPSA) is 153 Å². The van der Waals surface area contributed by atoms with Crippen LogP contribution in [0.5, 0.6) is 0 Å². The molecular weight excluding hydrogens is 508 g/mol. The highest BCUT2D eigenvalue weighted by Gasteiger charge is 2.55. The van der Waals surface area contributed by atoms with E-state index < -0.39 is 48.7 Å². The smallest absolute Gasteiger partial charge is 0.415 e. The summed E-state index contributed by atoms with van der Waals surface area (Å²) in [6, 6.07) is 1.41. The molecule has 3 rings (SSSR count). The van der Waals surface area contributed by atoms with Crippen LogP contribution in [-0.2, 0) is 35.0 Å². The highest BCUT2D eigenvalue weighted by atomic mass is 16.7. The van der Waals surface area contributed by atoms with E-state index in [1.54, 1.807) is 26.8 Å². The van der Waals surface area contributed by atoms with Gasteiger partial charge in [-0.05, 0) is 56.7 Å². The fourth-order valence-corrected chi connectivity index (χ4v) is 4.86. The summed E-state index contributed by atoms with van der Waals surface area (Å²) in [6.45, 7) is 6.47. The number of nitrogens with one attached hydrogen (secondary N) is 2. The number of hydrogen-bond acceptors (Lipinski definition) is 9. The van der Waals surface area contributed by atoms with Gasteiger partial charge >= 0.3 is 24.1 Å². The first-order chi connectivity index (χ1) is 18.6. The zero-order valence-corrected chi connectivity index (χ0v) is 22.9. The molecule has 2 N–H and O–H groups in total. The highest BCUT2D eigenvalue weighted by molar-refractivity contribution is 6.08. The first kappa shape index (κ1) is 29.9. The van der Waals surface area contributed by atoms with Crippen LogP contribution in [0.4, 0.5) is 15.4 Å². The van der Waals surface area contributed by atoms with E-state index in [4.69, 9.17) is 14.2 Å². The first-order valence-corrected chi connectivity index (χ1v) is 13.5. The van der Waals surface area contributed by atoms with Crippen molar-refractivity contribution in [1.82, 2.24) is 15.2 Å². The molecule has 1 saturated carbocycles. The molecular formula is C27H38N4O8. The lowest BCUT2D eigenvalue weighted by Gasteiger charge is -2.44. The molecule has 2 fully saturated rings. The van der Waals surface area contributed by atoms with E-state index in [0.717, 1.165) is 30.6 Å². The number of anilines is 1. The zero-order chi connectivity index (χ0) is 28.5. The molecule has 39 heavy (non-hydrogen) atoms. The average Bonchev–Trinajstić information content (AvgIpc) is 2.90. The van der Waals surface area contributed by atoms with Gasteiger partial charge in [0, 0.05) is 12.2 Å². The maximum absolute atomic E-state index is 13.1. The summed E-state index contributed by atoms with van der Waals surface area (Å²) in [6.07, 6.45) is 6.15. The third-order valence-corrected chi connectivity index (χ3v) is 7.04. The lowest BCUT2D eigenvalue weighted by Crippen LogP contribution is -2.69. The maximum atomic E-state index is 13.1. The van der Waals surface area contributed by atoms with Gasteiger partial charge < -0.3 is 19.5 Å². The lowest BCUT2D eigenvalue weighted by atomic mass is 9.82. The number of amides is 4. The van der Waals surface area contributed by atoms with Crippen molar-refractivity contribution in [2.24, 2.45) is 17.8 Å². The lowest BCUT2D eigenvalue weighted by molar-refractivity contribution is -0.169. The Labute approximate surface area is 228 Å². The molecule has 0 unspecified atom stereocenters. The van der Waals surface area contributed by atoms with Crippen molar-refractivity contribution in [3.05, 3.63) is 23.9 Å². The number of β-lactam (4-membered cyclic amide) rings is 1. The molecule has 4 amide bonds. The van der Waals surface area contributed by atoms with Crippen LogP contribution in [0.3, 0.4) is 0 Å². The Kier molecular flexibility index (Phi) is 10.6. The quantitative estimate of drug-likeness (QED) is 0.255. The second-order valence-corrected chi connectivity index (χ2v) is 10.2. The summed E-state index contributed by atoms with van der Waals surface area (Å²) in [7, 11) is 0. The number of rotatable bonds is 10. The molecule has 2 aliphatic rings. The van der Waals surface area contributed by atoms with E-state index in [0.29, 0.717) is 11.5 Å². The number of hydrogen-bond donors (Lipinski definition) is 2. The molecule has 12 nitrogen and oxygen atoms in total. The van der Waals surface area contributed by atoms with Crippen LogP contribution in [-0.4, -0.2) is 65.3 Å². The Morgan fingerprint density at radius 1 is 1.08 bits per heavy atom. The fraction of sp³-hybridized carbons (Fsp3) is 0.630. The summed E-state index contributed by atoms with van der Waals surface area (Å²) >= 11 is 0. The van der Waals surface area contributed by atoms with E-state index in [2.05, 4.69) is 15.6 Å². The monoisotopic (exact) mass is 546 g/mol. The SMILES string of the molecule is CCOC(=O)[C@@H]1[C@@H](Cc2ccnc(NC(=O)OCOC(=O)C(C)C)c2)C(=O)N1C(=O)N[C@H](C)C1CCCCC1. The Hall–Kier alpha value is -3.70. The summed E-state index contributed by atoms with van der Waals surface area (Å²) in [4.78, 5) is 67.4. The molecule has 1 aromatic rings. The second kappa shape index (κ2) is 13.9. The predicted octanol–water partition coefficient (Wildman–Crippen LogP) is 3.40. The number of imide groups is 1. The van der Waals surface area contributed by atoms with Crippen LogP contribution >= 0.6 is 0 Å². The number of carbonyl (C=O) groups is 5. The molecule has 1 saturated heterocycles. The second-order valence-electron chi connectivity index (χ2n) is 10.2. The highest BCUT2D eigenvalue weighted by Crippen LogP contribution is 2.32. The summed E-state index contributed by atoms with van der Waals surface area (Å²) < 4.78 is 14.8. The molecule has 12 heteroatoms. The van der Waals surface area contributed by atoms with Gasteiger partial charge in [0.15, 0.2) is 6.04 Å². The van der Waals surface area contributed by atoms with Crippen LogP contribution in [0, 0.1) is 17.8 Å². The minimum atomic E-state index is -1.05. The molecule has 1 aromatic heterocycles. The van der Waals surface area contributed by atoms with E-state index in [9.17, 15) is 24.0 Å².